The van der Waals surface area contributed by atoms with Crippen LogP contribution in [0.4, 0.5) is 0 Å². The molecule has 1 aliphatic rings. The monoisotopic (exact) mass is 290 g/mol. The molecule has 1 fully saturated rings. The average Bonchev–Trinajstić information content (AvgIpc) is 2.49. The number of hydrogen-bond acceptors (Lipinski definition) is 3. The van der Waals surface area contributed by atoms with Crippen LogP contribution in [0.2, 0.25) is 0 Å². The molecule has 1 heterocycles. The summed E-state index contributed by atoms with van der Waals surface area (Å²) in [6.45, 7) is 3.26. The Morgan fingerprint density at radius 1 is 1.24 bits per heavy atom. The van der Waals surface area contributed by atoms with Crippen molar-refractivity contribution in [3.8, 4) is 5.75 Å². The Labute approximate surface area is 129 Å². The number of ether oxygens (including phenoxy) is 1. The maximum atomic E-state index is 5.55. The average molecular weight is 290 g/mol. The Morgan fingerprint density at radius 2 is 1.95 bits per heavy atom. The molecule has 3 nitrogen and oxygen atoms in total. The molecule has 1 saturated carbocycles. The van der Waals surface area contributed by atoms with Gasteiger partial charge in [0.15, 0.2) is 0 Å². The van der Waals surface area contributed by atoms with Gasteiger partial charge >= 0.3 is 0 Å². The van der Waals surface area contributed by atoms with E-state index in [4.69, 9.17) is 4.74 Å². The van der Waals surface area contributed by atoms with E-state index in [1.54, 1.807) is 7.11 Å². The van der Waals surface area contributed by atoms with Crippen molar-refractivity contribution in [1.82, 2.24) is 10.3 Å². The zero-order valence-electron chi connectivity index (χ0n) is 13.6. The van der Waals surface area contributed by atoms with Gasteiger partial charge in [-0.2, -0.15) is 0 Å². The second-order valence-electron chi connectivity index (χ2n) is 6.13. The topological polar surface area (TPSA) is 34.2 Å². The number of methoxy groups -OCH3 is 1. The Balaban J connectivity index is 2.19. The lowest BCUT2D eigenvalue weighted by Crippen LogP contribution is -2.30. The highest BCUT2D eigenvalue weighted by atomic mass is 16.5. The minimum absolute atomic E-state index is 0.333. The van der Waals surface area contributed by atoms with E-state index in [-0.39, 0.29) is 0 Å². The van der Waals surface area contributed by atoms with Gasteiger partial charge in [0.1, 0.15) is 5.75 Å². The van der Waals surface area contributed by atoms with Crippen molar-refractivity contribution in [2.75, 3.05) is 13.7 Å². The van der Waals surface area contributed by atoms with Gasteiger partial charge in [-0.1, -0.05) is 39.0 Å². The van der Waals surface area contributed by atoms with Crippen LogP contribution in [0.15, 0.2) is 18.3 Å². The minimum Gasteiger partial charge on any atom is -0.495 e. The van der Waals surface area contributed by atoms with Gasteiger partial charge in [0.2, 0.25) is 0 Å². The molecule has 0 saturated heterocycles. The summed E-state index contributed by atoms with van der Waals surface area (Å²) in [6.07, 6.45) is 12.5. The minimum atomic E-state index is 0.333. The van der Waals surface area contributed by atoms with Crippen LogP contribution in [0.25, 0.3) is 0 Å². The van der Waals surface area contributed by atoms with Gasteiger partial charge in [0.05, 0.1) is 18.8 Å². The summed E-state index contributed by atoms with van der Waals surface area (Å²) in [4.78, 5) is 4.64. The van der Waals surface area contributed by atoms with Crippen LogP contribution >= 0.6 is 0 Å². The van der Waals surface area contributed by atoms with Crippen LogP contribution in [0.3, 0.4) is 0 Å². The first-order valence-corrected chi connectivity index (χ1v) is 8.59. The lowest BCUT2D eigenvalue weighted by Gasteiger charge is -2.30. The molecular formula is C18H30N2O. The van der Waals surface area contributed by atoms with Gasteiger partial charge < -0.3 is 10.1 Å². The molecule has 1 aromatic rings. The Bertz CT molecular complexity index is 400. The maximum Gasteiger partial charge on any atom is 0.141 e. The SMILES string of the molecule is CCCNC(c1ncccc1OC)C1CCCCCCC1. The first-order chi connectivity index (χ1) is 10.4. The smallest absolute Gasteiger partial charge is 0.141 e. The highest BCUT2D eigenvalue weighted by molar-refractivity contribution is 5.30. The molecule has 21 heavy (non-hydrogen) atoms. The van der Waals surface area contributed by atoms with Crippen molar-refractivity contribution in [2.24, 2.45) is 5.92 Å². The van der Waals surface area contributed by atoms with Gasteiger partial charge in [-0.25, -0.2) is 0 Å². The quantitative estimate of drug-likeness (QED) is 0.838. The van der Waals surface area contributed by atoms with Gasteiger partial charge in [-0.3, -0.25) is 4.98 Å². The number of pyridine rings is 1. The molecule has 2 rings (SSSR count). The fourth-order valence-electron chi connectivity index (χ4n) is 3.42. The van der Waals surface area contributed by atoms with E-state index in [1.165, 1.54) is 44.9 Å². The van der Waals surface area contributed by atoms with Crippen LogP contribution in [0.5, 0.6) is 5.75 Å². The van der Waals surface area contributed by atoms with Crippen molar-refractivity contribution < 1.29 is 4.74 Å². The number of aromatic nitrogens is 1. The fourth-order valence-corrected chi connectivity index (χ4v) is 3.42. The molecule has 0 bridgehead atoms. The van der Waals surface area contributed by atoms with Crippen molar-refractivity contribution in [3.63, 3.8) is 0 Å². The first kappa shape index (κ1) is 16.3. The van der Waals surface area contributed by atoms with E-state index in [9.17, 15) is 0 Å². The molecule has 1 aliphatic carbocycles. The standard InChI is InChI=1S/C18H30N2O/c1-3-13-19-17(15-10-7-5-4-6-8-11-15)18-16(21-2)12-9-14-20-18/h9,12,14-15,17,19H,3-8,10-11,13H2,1-2H3. The van der Waals surface area contributed by atoms with Gasteiger partial charge in [-0.15, -0.1) is 0 Å². The lowest BCUT2D eigenvalue weighted by molar-refractivity contribution is 0.276. The number of nitrogens with one attached hydrogen (secondary N) is 1. The third-order valence-corrected chi connectivity index (χ3v) is 4.55. The van der Waals surface area contributed by atoms with Crippen LogP contribution in [-0.2, 0) is 0 Å². The Kier molecular flexibility index (Phi) is 7.01. The summed E-state index contributed by atoms with van der Waals surface area (Å²) < 4.78 is 5.55. The van der Waals surface area contributed by atoms with Crippen molar-refractivity contribution >= 4 is 0 Å². The molecular weight excluding hydrogens is 260 g/mol. The van der Waals surface area contributed by atoms with Crippen molar-refractivity contribution in [2.45, 2.75) is 64.3 Å². The van der Waals surface area contributed by atoms with Crippen LogP contribution in [-0.4, -0.2) is 18.6 Å². The van der Waals surface area contributed by atoms with Gasteiger partial charge in [0.25, 0.3) is 0 Å². The summed E-state index contributed by atoms with van der Waals surface area (Å²) in [7, 11) is 1.75. The number of nitrogens with zero attached hydrogens (tertiary/aromatic N) is 1. The zero-order valence-corrected chi connectivity index (χ0v) is 13.6. The summed E-state index contributed by atoms with van der Waals surface area (Å²) >= 11 is 0. The van der Waals surface area contributed by atoms with Crippen LogP contribution in [0.1, 0.15) is 70.0 Å². The molecule has 3 heteroatoms. The zero-order chi connectivity index (χ0) is 14.9. The van der Waals surface area contributed by atoms with E-state index in [0.717, 1.165) is 24.4 Å². The Hall–Kier alpha value is -1.09. The molecule has 1 aromatic heterocycles. The van der Waals surface area contributed by atoms with Gasteiger partial charge in [-0.05, 0) is 43.9 Å². The number of rotatable bonds is 6. The molecule has 0 amide bonds. The maximum absolute atomic E-state index is 5.55. The van der Waals surface area contributed by atoms with E-state index >= 15 is 0 Å². The Morgan fingerprint density at radius 3 is 2.62 bits per heavy atom. The molecule has 0 aromatic carbocycles. The molecule has 1 atom stereocenters. The summed E-state index contributed by atoms with van der Waals surface area (Å²) in [6, 6.07) is 4.32. The predicted molar refractivity (Wildman–Crippen MR) is 87.6 cm³/mol. The lowest BCUT2D eigenvalue weighted by atomic mass is 9.84. The summed E-state index contributed by atoms with van der Waals surface area (Å²) in [5.74, 6) is 1.61. The van der Waals surface area contributed by atoms with Crippen LogP contribution < -0.4 is 10.1 Å². The highest BCUT2D eigenvalue weighted by Crippen LogP contribution is 2.35. The first-order valence-electron chi connectivity index (χ1n) is 8.59. The normalized spacial score (nSPS) is 18.8. The molecule has 0 spiro atoms. The summed E-state index contributed by atoms with van der Waals surface area (Å²) in [5.41, 5.74) is 1.10. The third-order valence-electron chi connectivity index (χ3n) is 4.55. The van der Waals surface area contributed by atoms with E-state index in [1.807, 2.05) is 18.3 Å². The second-order valence-corrected chi connectivity index (χ2v) is 6.13. The number of hydrogen-bond donors (Lipinski definition) is 1. The van der Waals surface area contributed by atoms with Crippen molar-refractivity contribution in [3.05, 3.63) is 24.0 Å². The van der Waals surface area contributed by atoms with Gasteiger partial charge in [0, 0.05) is 6.20 Å². The second kappa shape index (κ2) is 9.04. The molecule has 1 unspecified atom stereocenters. The van der Waals surface area contributed by atoms with E-state index < -0.39 is 0 Å². The van der Waals surface area contributed by atoms with E-state index in [2.05, 4.69) is 17.2 Å². The van der Waals surface area contributed by atoms with Crippen molar-refractivity contribution in [1.29, 1.82) is 0 Å². The molecule has 1 N–H and O–H groups in total. The molecule has 0 aliphatic heterocycles. The third kappa shape index (κ3) is 4.70. The largest absolute Gasteiger partial charge is 0.495 e. The predicted octanol–water partition coefficient (Wildman–Crippen LogP) is 4.49. The summed E-state index contributed by atoms with van der Waals surface area (Å²) in [5, 5.41) is 3.74. The van der Waals surface area contributed by atoms with Crippen LogP contribution in [0, 0.1) is 5.92 Å². The highest BCUT2D eigenvalue weighted by Gasteiger charge is 2.26. The fraction of sp³-hybridized carbons (Fsp3) is 0.722. The molecule has 118 valence electrons. The van der Waals surface area contributed by atoms with E-state index in [0.29, 0.717) is 12.0 Å². The molecule has 0 radical (unpaired) electrons.